The van der Waals surface area contributed by atoms with Crippen LogP contribution < -0.4 is 9.80 Å². The lowest BCUT2D eigenvalue weighted by Crippen LogP contribution is -2.35. The molecule has 0 radical (unpaired) electrons. The van der Waals surface area contributed by atoms with Crippen molar-refractivity contribution >= 4 is 17.3 Å². The fourth-order valence-electron chi connectivity index (χ4n) is 2.15. The van der Waals surface area contributed by atoms with Crippen LogP contribution in [0.2, 0.25) is 0 Å². The summed E-state index contributed by atoms with van der Waals surface area (Å²) in [5.41, 5.74) is 2.23. The first-order chi connectivity index (χ1) is 8.22. The summed E-state index contributed by atoms with van der Waals surface area (Å²) in [7, 11) is 2.07. The van der Waals surface area contributed by atoms with Crippen LogP contribution in [-0.2, 0) is 4.79 Å². The van der Waals surface area contributed by atoms with E-state index in [0.29, 0.717) is 6.42 Å². The maximum Gasteiger partial charge on any atom is 0.226 e. The molecule has 1 heterocycles. The van der Waals surface area contributed by atoms with E-state index in [2.05, 4.69) is 31.0 Å². The molecule has 0 unspecified atom stereocenters. The second kappa shape index (κ2) is 5.21. The van der Waals surface area contributed by atoms with E-state index in [0.717, 1.165) is 31.6 Å². The van der Waals surface area contributed by atoms with Gasteiger partial charge in [0.15, 0.2) is 0 Å². The highest BCUT2D eigenvalue weighted by Crippen LogP contribution is 2.23. The summed E-state index contributed by atoms with van der Waals surface area (Å²) in [6, 6.07) is 8.26. The van der Waals surface area contributed by atoms with Crippen LogP contribution in [0.4, 0.5) is 11.4 Å². The Morgan fingerprint density at radius 1 is 1.24 bits per heavy atom. The number of carbonyl (C=O) groups is 1. The smallest absolute Gasteiger partial charge is 0.226 e. The van der Waals surface area contributed by atoms with Crippen LogP contribution in [0.3, 0.4) is 0 Å². The number of carbonyl (C=O) groups excluding carboxylic acids is 1. The molecular weight excluding hydrogens is 212 g/mol. The van der Waals surface area contributed by atoms with Gasteiger partial charge in [0.1, 0.15) is 0 Å². The van der Waals surface area contributed by atoms with E-state index < -0.39 is 0 Å². The molecule has 1 fully saturated rings. The molecule has 1 aromatic rings. The maximum atomic E-state index is 11.8. The predicted octanol–water partition coefficient (Wildman–Crippen LogP) is 2.66. The number of hydrogen-bond donors (Lipinski definition) is 0. The van der Waals surface area contributed by atoms with Gasteiger partial charge < -0.3 is 9.80 Å². The van der Waals surface area contributed by atoms with Crippen LogP contribution in [0.25, 0.3) is 0 Å². The second-order valence-corrected chi connectivity index (χ2v) is 4.53. The number of piperidine rings is 1. The van der Waals surface area contributed by atoms with Crippen molar-refractivity contribution in [3.63, 3.8) is 0 Å². The summed E-state index contributed by atoms with van der Waals surface area (Å²) in [6.07, 6.45) is 2.84. The molecule has 1 amide bonds. The Labute approximate surface area is 103 Å². The summed E-state index contributed by atoms with van der Waals surface area (Å²) in [6.45, 7) is 3.98. The minimum atomic E-state index is 0.257. The number of hydrogen-bond acceptors (Lipinski definition) is 2. The van der Waals surface area contributed by atoms with Crippen molar-refractivity contribution in [1.82, 2.24) is 0 Å². The van der Waals surface area contributed by atoms with Crippen LogP contribution >= 0.6 is 0 Å². The second-order valence-electron chi connectivity index (χ2n) is 4.53. The Kier molecular flexibility index (Phi) is 3.67. The largest absolute Gasteiger partial charge is 0.375 e. The molecule has 92 valence electrons. The van der Waals surface area contributed by atoms with Crippen LogP contribution in [0, 0.1) is 0 Å². The normalized spacial score (nSPS) is 16.1. The van der Waals surface area contributed by atoms with E-state index in [1.165, 1.54) is 5.69 Å². The van der Waals surface area contributed by atoms with Crippen LogP contribution in [0.1, 0.15) is 26.2 Å². The molecule has 0 spiro atoms. The van der Waals surface area contributed by atoms with E-state index in [1.54, 1.807) is 0 Å². The molecule has 1 aliphatic rings. The Hall–Kier alpha value is -1.51. The van der Waals surface area contributed by atoms with Crippen molar-refractivity contribution in [3.05, 3.63) is 24.3 Å². The zero-order valence-electron chi connectivity index (χ0n) is 10.6. The average Bonchev–Trinajstić information content (AvgIpc) is 2.39. The van der Waals surface area contributed by atoms with Gasteiger partial charge in [-0.15, -0.1) is 0 Å². The third-order valence-electron chi connectivity index (χ3n) is 3.40. The minimum absolute atomic E-state index is 0.257. The molecule has 1 aliphatic heterocycles. The van der Waals surface area contributed by atoms with Crippen LogP contribution in [-0.4, -0.2) is 26.0 Å². The Morgan fingerprint density at radius 2 is 1.94 bits per heavy atom. The molecule has 0 saturated carbocycles. The van der Waals surface area contributed by atoms with E-state index in [4.69, 9.17) is 0 Å². The Bertz CT molecular complexity index is 386. The van der Waals surface area contributed by atoms with E-state index in [1.807, 2.05) is 17.0 Å². The molecule has 1 aromatic carbocycles. The molecule has 0 bridgehead atoms. The predicted molar refractivity (Wildman–Crippen MR) is 71.6 cm³/mol. The molecular formula is C14H20N2O. The van der Waals surface area contributed by atoms with Crippen LogP contribution in [0.5, 0.6) is 0 Å². The fraction of sp³-hybridized carbons (Fsp3) is 0.500. The van der Waals surface area contributed by atoms with Gasteiger partial charge in [0.25, 0.3) is 0 Å². The van der Waals surface area contributed by atoms with Gasteiger partial charge in [-0.05, 0) is 44.0 Å². The van der Waals surface area contributed by atoms with Gasteiger partial charge in [-0.25, -0.2) is 0 Å². The molecule has 1 saturated heterocycles. The monoisotopic (exact) mass is 232 g/mol. The molecule has 3 nitrogen and oxygen atoms in total. The van der Waals surface area contributed by atoms with Gasteiger partial charge >= 0.3 is 0 Å². The van der Waals surface area contributed by atoms with Gasteiger partial charge in [0.2, 0.25) is 5.91 Å². The van der Waals surface area contributed by atoms with Crippen molar-refractivity contribution in [2.75, 3.05) is 29.9 Å². The van der Waals surface area contributed by atoms with Crippen molar-refractivity contribution in [2.45, 2.75) is 26.2 Å². The number of anilines is 2. The molecule has 3 heteroatoms. The van der Waals surface area contributed by atoms with Gasteiger partial charge in [-0.2, -0.15) is 0 Å². The number of amides is 1. The highest BCUT2D eigenvalue weighted by Gasteiger charge is 2.19. The van der Waals surface area contributed by atoms with Gasteiger partial charge in [0, 0.05) is 37.9 Å². The third kappa shape index (κ3) is 2.60. The highest BCUT2D eigenvalue weighted by molar-refractivity contribution is 5.94. The van der Waals surface area contributed by atoms with Crippen molar-refractivity contribution in [1.29, 1.82) is 0 Å². The molecule has 17 heavy (non-hydrogen) atoms. The van der Waals surface area contributed by atoms with Crippen molar-refractivity contribution < 1.29 is 4.79 Å². The first-order valence-electron chi connectivity index (χ1n) is 6.34. The minimum Gasteiger partial charge on any atom is -0.375 e. The maximum absolute atomic E-state index is 11.8. The van der Waals surface area contributed by atoms with E-state index in [9.17, 15) is 4.79 Å². The van der Waals surface area contributed by atoms with Gasteiger partial charge in [0.05, 0.1) is 0 Å². The lowest BCUT2D eigenvalue weighted by Gasteiger charge is -2.27. The molecule has 2 rings (SSSR count). The zero-order chi connectivity index (χ0) is 12.3. The van der Waals surface area contributed by atoms with Crippen molar-refractivity contribution in [2.24, 2.45) is 0 Å². The summed E-state index contributed by atoms with van der Waals surface area (Å²) in [5.74, 6) is 0.257. The lowest BCUT2D eigenvalue weighted by atomic mass is 10.1. The van der Waals surface area contributed by atoms with E-state index >= 15 is 0 Å². The first-order valence-corrected chi connectivity index (χ1v) is 6.34. The molecule has 0 aliphatic carbocycles. The third-order valence-corrected chi connectivity index (χ3v) is 3.40. The Morgan fingerprint density at radius 3 is 2.53 bits per heavy atom. The lowest BCUT2D eigenvalue weighted by molar-refractivity contribution is -0.119. The zero-order valence-corrected chi connectivity index (χ0v) is 10.6. The quantitative estimate of drug-likeness (QED) is 0.800. The highest BCUT2D eigenvalue weighted by atomic mass is 16.2. The first kappa shape index (κ1) is 12.0. The van der Waals surface area contributed by atoms with Crippen LogP contribution in [0.15, 0.2) is 24.3 Å². The van der Waals surface area contributed by atoms with Crippen molar-refractivity contribution in [3.8, 4) is 0 Å². The summed E-state index contributed by atoms with van der Waals surface area (Å²) in [5, 5.41) is 0. The van der Waals surface area contributed by atoms with Gasteiger partial charge in [-0.1, -0.05) is 0 Å². The number of nitrogens with zero attached hydrogens (tertiary/aromatic N) is 2. The molecule has 0 N–H and O–H groups in total. The average molecular weight is 232 g/mol. The van der Waals surface area contributed by atoms with Gasteiger partial charge in [-0.3, -0.25) is 4.79 Å². The molecule has 0 aromatic heterocycles. The standard InChI is InChI=1S/C14H20N2O/c1-3-15(2)12-7-9-13(10-8-12)16-11-5-4-6-14(16)17/h7-10H,3-6,11H2,1-2H3. The fourth-order valence-corrected chi connectivity index (χ4v) is 2.15. The summed E-state index contributed by atoms with van der Waals surface area (Å²) < 4.78 is 0. The topological polar surface area (TPSA) is 23.6 Å². The SMILES string of the molecule is CCN(C)c1ccc(N2CCCCC2=O)cc1. The summed E-state index contributed by atoms with van der Waals surface area (Å²) in [4.78, 5) is 15.9. The number of rotatable bonds is 3. The summed E-state index contributed by atoms with van der Waals surface area (Å²) >= 11 is 0. The Balaban J connectivity index is 2.14. The van der Waals surface area contributed by atoms with E-state index in [-0.39, 0.29) is 5.91 Å². The number of benzene rings is 1. The molecule has 0 atom stereocenters.